The normalized spacial score (nSPS) is 11.7. The summed E-state index contributed by atoms with van der Waals surface area (Å²) in [7, 11) is 0. The first kappa shape index (κ1) is 15.8. The van der Waals surface area contributed by atoms with Gasteiger partial charge in [0.1, 0.15) is 5.84 Å². The molecule has 4 N–H and O–H groups in total. The number of nitrogens with two attached hydrogens (primary N) is 2. The molecule has 0 fully saturated rings. The van der Waals surface area contributed by atoms with Crippen molar-refractivity contribution in [2.24, 2.45) is 16.5 Å². The summed E-state index contributed by atoms with van der Waals surface area (Å²) in [6.07, 6.45) is 1.46. The van der Waals surface area contributed by atoms with Crippen LogP contribution in [0, 0.1) is 5.95 Å². The SMILES string of the molecule is NCC(N)=NC(=O)c1ccc2cccc(-c3ccc(F)nc3)c2c1. The molecule has 0 saturated carbocycles. The van der Waals surface area contributed by atoms with Crippen molar-refractivity contribution in [3.63, 3.8) is 0 Å². The van der Waals surface area contributed by atoms with Crippen LogP contribution in [-0.2, 0) is 0 Å². The maximum atomic E-state index is 13.0. The highest BCUT2D eigenvalue weighted by molar-refractivity contribution is 6.07. The number of pyridine rings is 1. The number of rotatable bonds is 3. The Morgan fingerprint density at radius 3 is 2.71 bits per heavy atom. The highest BCUT2D eigenvalue weighted by Gasteiger charge is 2.10. The van der Waals surface area contributed by atoms with Gasteiger partial charge in [0.15, 0.2) is 0 Å². The number of halogens is 1. The van der Waals surface area contributed by atoms with E-state index in [1.165, 1.54) is 12.3 Å². The van der Waals surface area contributed by atoms with Gasteiger partial charge in [-0.3, -0.25) is 4.79 Å². The summed E-state index contributed by atoms with van der Waals surface area (Å²) in [5.41, 5.74) is 12.9. The van der Waals surface area contributed by atoms with Gasteiger partial charge in [0, 0.05) is 17.3 Å². The molecule has 6 heteroatoms. The van der Waals surface area contributed by atoms with Crippen molar-refractivity contribution >= 4 is 22.5 Å². The minimum absolute atomic E-state index is 0.0197. The summed E-state index contributed by atoms with van der Waals surface area (Å²) in [4.78, 5) is 19.6. The van der Waals surface area contributed by atoms with E-state index in [9.17, 15) is 9.18 Å². The van der Waals surface area contributed by atoms with Gasteiger partial charge in [0.25, 0.3) is 5.91 Å². The Morgan fingerprint density at radius 2 is 2.00 bits per heavy atom. The van der Waals surface area contributed by atoms with Crippen LogP contribution < -0.4 is 11.5 Å². The van der Waals surface area contributed by atoms with E-state index in [4.69, 9.17) is 11.5 Å². The van der Waals surface area contributed by atoms with Crippen molar-refractivity contribution in [1.82, 2.24) is 4.98 Å². The van der Waals surface area contributed by atoms with E-state index in [0.717, 1.165) is 21.9 Å². The number of hydrogen-bond acceptors (Lipinski definition) is 3. The van der Waals surface area contributed by atoms with Crippen LogP contribution in [0.1, 0.15) is 10.4 Å². The summed E-state index contributed by atoms with van der Waals surface area (Å²) in [6, 6.07) is 13.9. The van der Waals surface area contributed by atoms with Crippen LogP contribution in [0.15, 0.2) is 59.7 Å². The molecular formula is C18H15FN4O. The van der Waals surface area contributed by atoms with Crippen LogP contribution >= 0.6 is 0 Å². The van der Waals surface area contributed by atoms with E-state index in [2.05, 4.69) is 9.98 Å². The number of carbonyl (C=O) groups excluding carboxylic acids is 1. The maximum absolute atomic E-state index is 13.0. The lowest BCUT2D eigenvalue weighted by Gasteiger charge is -2.08. The number of aliphatic imine (C=N–C) groups is 1. The monoisotopic (exact) mass is 322 g/mol. The first-order chi connectivity index (χ1) is 11.6. The van der Waals surface area contributed by atoms with Crippen LogP contribution in [0.3, 0.4) is 0 Å². The van der Waals surface area contributed by atoms with Gasteiger partial charge in [0.2, 0.25) is 5.95 Å². The van der Waals surface area contributed by atoms with Crippen LogP contribution in [-0.4, -0.2) is 23.3 Å². The van der Waals surface area contributed by atoms with Crippen molar-refractivity contribution in [2.75, 3.05) is 6.54 Å². The van der Waals surface area contributed by atoms with Gasteiger partial charge in [-0.25, -0.2) is 4.98 Å². The zero-order valence-corrected chi connectivity index (χ0v) is 12.7. The molecule has 0 aliphatic rings. The lowest BCUT2D eigenvalue weighted by molar-refractivity contribution is 0.100. The smallest absolute Gasteiger partial charge is 0.278 e. The van der Waals surface area contributed by atoms with Gasteiger partial charge in [-0.1, -0.05) is 24.3 Å². The minimum atomic E-state index is -0.540. The van der Waals surface area contributed by atoms with Crippen LogP contribution in [0.25, 0.3) is 21.9 Å². The predicted molar refractivity (Wildman–Crippen MR) is 92.1 cm³/mol. The molecule has 24 heavy (non-hydrogen) atoms. The van der Waals surface area contributed by atoms with Crippen molar-refractivity contribution in [3.05, 3.63) is 66.2 Å². The highest BCUT2D eigenvalue weighted by Crippen LogP contribution is 2.29. The largest absolute Gasteiger partial charge is 0.386 e. The van der Waals surface area contributed by atoms with Crippen molar-refractivity contribution in [3.8, 4) is 11.1 Å². The molecule has 0 bridgehead atoms. The van der Waals surface area contributed by atoms with E-state index >= 15 is 0 Å². The number of amides is 1. The molecule has 0 aliphatic heterocycles. The Hall–Kier alpha value is -3.12. The zero-order chi connectivity index (χ0) is 17.1. The lowest BCUT2D eigenvalue weighted by atomic mass is 9.97. The van der Waals surface area contributed by atoms with Gasteiger partial charge in [-0.15, -0.1) is 0 Å². The molecule has 0 atom stereocenters. The summed E-state index contributed by atoms with van der Waals surface area (Å²) in [5.74, 6) is -0.913. The molecule has 0 unspecified atom stereocenters. The minimum Gasteiger partial charge on any atom is -0.386 e. The molecule has 2 aromatic carbocycles. The molecular weight excluding hydrogens is 307 g/mol. The average Bonchev–Trinajstić information content (AvgIpc) is 2.61. The number of hydrogen-bond donors (Lipinski definition) is 2. The van der Waals surface area contributed by atoms with E-state index in [-0.39, 0.29) is 12.4 Å². The molecule has 120 valence electrons. The molecule has 1 heterocycles. The fourth-order valence-corrected chi connectivity index (χ4v) is 2.43. The van der Waals surface area contributed by atoms with E-state index < -0.39 is 11.9 Å². The number of amidine groups is 1. The fourth-order valence-electron chi connectivity index (χ4n) is 2.43. The summed E-state index contributed by atoms with van der Waals surface area (Å²) in [5, 5.41) is 1.79. The van der Waals surface area contributed by atoms with Crippen molar-refractivity contribution in [2.45, 2.75) is 0 Å². The Kier molecular flexibility index (Phi) is 4.31. The fraction of sp³-hybridized carbons (Fsp3) is 0.0556. The standard InChI is InChI=1S/C18H15FN4O/c19-16-7-6-13(10-22-16)14-3-1-2-11-4-5-12(8-15(11)14)18(24)23-17(21)9-20/h1-8,10H,9,20H2,(H2,21,23,24). The Labute approximate surface area is 137 Å². The average molecular weight is 322 g/mol. The van der Waals surface area contributed by atoms with Crippen LogP contribution in [0.4, 0.5) is 4.39 Å². The first-order valence-electron chi connectivity index (χ1n) is 7.30. The lowest BCUT2D eigenvalue weighted by Crippen LogP contribution is -2.24. The van der Waals surface area contributed by atoms with Gasteiger partial charge in [0.05, 0.1) is 6.54 Å². The van der Waals surface area contributed by atoms with Gasteiger partial charge in [-0.05, 0) is 40.6 Å². The number of fused-ring (bicyclic) bond motifs is 1. The maximum Gasteiger partial charge on any atom is 0.278 e. The summed E-state index contributed by atoms with van der Waals surface area (Å²) < 4.78 is 13.0. The second-order valence-electron chi connectivity index (χ2n) is 5.22. The molecule has 0 radical (unpaired) electrons. The summed E-state index contributed by atoms with van der Waals surface area (Å²) in [6.45, 7) is 0.0197. The third kappa shape index (κ3) is 3.13. The van der Waals surface area contributed by atoms with Crippen LogP contribution in [0.2, 0.25) is 0 Å². The highest BCUT2D eigenvalue weighted by atomic mass is 19.1. The molecule has 0 spiro atoms. The molecule has 0 saturated heterocycles. The second kappa shape index (κ2) is 6.55. The van der Waals surface area contributed by atoms with Gasteiger partial charge < -0.3 is 11.5 Å². The Balaban J connectivity index is 2.13. The first-order valence-corrected chi connectivity index (χ1v) is 7.30. The number of nitrogens with zero attached hydrogens (tertiary/aromatic N) is 2. The number of carbonyl (C=O) groups is 1. The molecule has 3 rings (SSSR count). The van der Waals surface area contributed by atoms with Crippen molar-refractivity contribution < 1.29 is 9.18 Å². The predicted octanol–water partition coefficient (Wildman–Crippen LogP) is 2.50. The number of benzene rings is 2. The molecule has 1 amide bonds. The van der Waals surface area contributed by atoms with Crippen LogP contribution in [0.5, 0.6) is 0 Å². The van der Waals surface area contributed by atoms with Crippen molar-refractivity contribution in [1.29, 1.82) is 0 Å². The quantitative estimate of drug-likeness (QED) is 0.440. The zero-order valence-electron chi connectivity index (χ0n) is 12.7. The Bertz CT molecular complexity index is 935. The van der Waals surface area contributed by atoms with E-state index in [1.54, 1.807) is 18.2 Å². The molecule has 1 aromatic heterocycles. The topological polar surface area (TPSA) is 94.4 Å². The van der Waals surface area contributed by atoms with E-state index in [1.807, 2.05) is 24.3 Å². The summed E-state index contributed by atoms with van der Waals surface area (Å²) >= 11 is 0. The van der Waals surface area contributed by atoms with Gasteiger partial charge in [-0.2, -0.15) is 9.38 Å². The Morgan fingerprint density at radius 1 is 1.17 bits per heavy atom. The molecule has 5 nitrogen and oxygen atoms in total. The van der Waals surface area contributed by atoms with E-state index in [0.29, 0.717) is 5.56 Å². The second-order valence-corrected chi connectivity index (χ2v) is 5.22. The molecule has 0 aliphatic carbocycles. The van der Waals surface area contributed by atoms with Gasteiger partial charge >= 0.3 is 0 Å². The third-order valence-electron chi connectivity index (χ3n) is 3.62. The third-order valence-corrected chi connectivity index (χ3v) is 3.62. The number of aromatic nitrogens is 1. The molecule has 3 aromatic rings.